The second-order valence-electron chi connectivity index (χ2n) is 7.97. The number of rotatable bonds is 9. The molecule has 0 fully saturated rings. The van der Waals surface area contributed by atoms with Crippen LogP contribution in [0, 0.1) is 5.92 Å². The Morgan fingerprint density at radius 2 is 1.59 bits per heavy atom. The number of anilines is 1. The summed E-state index contributed by atoms with van der Waals surface area (Å²) in [5, 5.41) is 5.59. The van der Waals surface area contributed by atoms with Crippen LogP contribution in [0.3, 0.4) is 0 Å². The fourth-order valence-electron chi connectivity index (χ4n) is 2.88. The summed E-state index contributed by atoms with van der Waals surface area (Å²) in [6, 6.07) is 22.2. The Hall–Kier alpha value is -3.27. The van der Waals surface area contributed by atoms with Crippen LogP contribution in [-0.2, 0) is 16.6 Å². The maximum absolute atomic E-state index is 12.5. The summed E-state index contributed by atoms with van der Waals surface area (Å²) < 4.78 is 33.2. The Balaban J connectivity index is 1.52. The van der Waals surface area contributed by atoms with E-state index >= 15 is 0 Å². The van der Waals surface area contributed by atoms with E-state index in [1.165, 1.54) is 12.1 Å². The van der Waals surface area contributed by atoms with E-state index in [4.69, 9.17) is 17.0 Å². The van der Waals surface area contributed by atoms with Gasteiger partial charge in [0, 0.05) is 17.8 Å². The third-order valence-electron chi connectivity index (χ3n) is 4.66. The Bertz CT molecular complexity index is 1210. The Kier molecular flexibility index (Phi) is 8.75. The van der Waals surface area contributed by atoms with E-state index in [-0.39, 0.29) is 22.5 Å². The molecular formula is C25H27N3O4S2. The molecule has 0 atom stereocenters. The lowest BCUT2D eigenvalue weighted by molar-refractivity contribution is 0.0977. The van der Waals surface area contributed by atoms with E-state index in [0.29, 0.717) is 29.5 Å². The van der Waals surface area contributed by atoms with Crippen LogP contribution in [0.5, 0.6) is 5.75 Å². The van der Waals surface area contributed by atoms with Gasteiger partial charge in [-0.25, -0.2) is 13.1 Å². The molecule has 9 heteroatoms. The van der Waals surface area contributed by atoms with Crippen molar-refractivity contribution in [3.8, 4) is 5.75 Å². The number of carbonyl (C=O) groups excluding carboxylic acids is 1. The van der Waals surface area contributed by atoms with Crippen LogP contribution in [0.25, 0.3) is 0 Å². The minimum Gasteiger partial charge on any atom is -0.493 e. The molecule has 0 aromatic heterocycles. The van der Waals surface area contributed by atoms with Crippen LogP contribution in [0.1, 0.15) is 29.8 Å². The highest BCUT2D eigenvalue weighted by Crippen LogP contribution is 2.16. The van der Waals surface area contributed by atoms with Gasteiger partial charge in [-0.05, 0) is 72.2 Å². The van der Waals surface area contributed by atoms with Gasteiger partial charge < -0.3 is 10.1 Å². The molecule has 0 spiro atoms. The van der Waals surface area contributed by atoms with E-state index in [0.717, 1.165) is 5.56 Å². The van der Waals surface area contributed by atoms with Crippen molar-refractivity contribution in [2.24, 2.45) is 5.92 Å². The number of carbonyl (C=O) groups is 1. The molecule has 0 saturated carbocycles. The van der Waals surface area contributed by atoms with Gasteiger partial charge in [-0.2, -0.15) is 0 Å². The maximum atomic E-state index is 12.5. The molecule has 0 saturated heterocycles. The van der Waals surface area contributed by atoms with Gasteiger partial charge in [0.05, 0.1) is 11.5 Å². The largest absolute Gasteiger partial charge is 0.493 e. The fraction of sp³-hybridized carbons (Fsp3) is 0.200. The van der Waals surface area contributed by atoms with Crippen molar-refractivity contribution in [2.75, 3.05) is 11.9 Å². The van der Waals surface area contributed by atoms with E-state index in [1.54, 1.807) is 36.4 Å². The predicted molar refractivity (Wildman–Crippen MR) is 137 cm³/mol. The average Bonchev–Trinajstić information content (AvgIpc) is 2.83. The lowest BCUT2D eigenvalue weighted by atomic mass is 10.2. The lowest BCUT2D eigenvalue weighted by Gasteiger charge is -2.12. The summed E-state index contributed by atoms with van der Waals surface area (Å²) in [7, 11) is -3.66. The summed E-state index contributed by atoms with van der Waals surface area (Å²) in [6.07, 6.45) is 0. The number of ether oxygens (including phenoxy) is 1. The van der Waals surface area contributed by atoms with Crippen molar-refractivity contribution in [2.45, 2.75) is 25.3 Å². The molecule has 178 valence electrons. The first-order valence-electron chi connectivity index (χ1n) is 10.7. The molecule has 0 aliphatic heterocycles. The second kappa shape index (κ2) is 11.7. The summed E-state index contributed by atoms with van der Waals surface area (Å²) in [5.41, 5.74) is 1.85. The molecule has 34 heavy (non-hydrogen) atoms. The number of amides is 1. The molecule has 3 aromatic carbocycles. The first-order chi connectivity index (χ1) is 16.2. The summed E-state index contributed by atoms with van der Waals surface area (Å²) in [4.78, 5) is 12.6. The number of hydrogen-bond donors (Lipinski definition) is 3. The van der Waals surface area contributed by atoms with Gasteiger partial charge in [0.15, 0.2) is 5.11 Å². The molecule has 0 unspecified atom stereocenters. The molecule has 7 nitrogen and oxygen atoms in total. The van der Waals surface area contributed by atoms with E-state index in [9.17, 15) is 13.2 Å². The van der Waals surface area contributed by atoms with E-state index < -0.39 is 10.0 Å². The van der Waals surface area contributed by atoms with Crippen LogP contribution in [-0.4, -0.2) is 26.0 Å². The zero-order valence-corrected chi connectivity index (χ0v) is 20.6. The first kappa shape index (κ1) is 25.4. The minimum atomic E-state index is -3.66. The van der Waals surface area contributed by atoms with Gasteiger partial charge in [-0.3, -0.25) is 10.1 Å². The first-order valence-corrected chi connectivity index (χ1v) is 12.6. The van der Waals surface area contributed by atoms with E-state index in [1.807, 2.05) is 30.3 Å². The van der Waals surface area contributed by atoms with Crippen LogP contribution in [0.2, 0.25) is 0 Å². The SMILES string of the molecule is CC(C)COc1ccc(C(=O)NC(=S)Nc2ccc(S(=O)(=O)NCc3ccccc3)cc2)cc1. The molecule has 0 aliphatic rings. The van der Waals surface area contributed by atoms with Crippen molar-refractivity contribution < 1.29 is 17.9 Å². The molecule has 0 aliphatic carbocycles. The highest BCUT2D eigenvalue weighted by molar-refractivity contribution is 7.89. The molecule has 0 radical (unpaired) electrons. The molecule has 1 amide bonds. The van der Waals surface area contributed by atoms with Crippen molar-refractivity contribution in [3.05, 3.63) is 90.0 Å². The monoisotopic (exact) mass is 497 g/mol. The third-order valence-corrected chi connectivity index (χ3v) is 6.28. The van der Waals surface area contributed by atoms with Crippen molar-refractivity contribution in [1.82, 2.24) is 10.0 Å². The Morgan fingerprint density at radius 1 is 0.941 bits per heavy atom. The van der Waals surface area contributed by atoms with Gasteiger partial charge in [-0.15, -0.1) is 0 Å². The van der Waals surface area contributed by atoms with Gasteiger partial charge >= 0.3 is 0 Å². The summed E-state index contributed by atoms with van der Waals surface area (Å²) >= 11 is 5.21. The molecule has 0 heterocycles. The van der Waals surface area contributed by atoms with Gasteiger partial charge in [0.25, 0.3) is 5.91 Å². The number of sulfonamides is 1. The summed E-state index contributed by atoms with van der Waals surface area (Å²) in [6.45, 7) is 4.92. The topological polar surface area (TPSA) is 96.5 Å². The number of thiocarbonyl (C=S) groups is 1. The molecule has 3 N–H and O–H groups in total. The average molecular weight is 498 g/mol. The Labute approximate surface area is 205 Å². The highest BCUT2D eigenvalue weighted by atomic mass is 32.2. The molecule has 3 rings (SSSR count). The molecule has 0 bridgehead atoms. The van der Waals surface area contributed by atoms with Gasteiger partial charge in [0.2, 0.25) is 10.0 Å². The Morgan fingerprint density at radius 3 is 2.21 bits per heavy atom. The number of nitrogens with one attached hydrogen (secondary N) is 3. The van der Waals surface area contributed by atoms with Crippen LogP contribution in [0.15, 0.2) is 83.8 Å². The summed E-state index contributed by atoms with van der Waals surface area (Å²) in [5.74, 6) is 0.739. The van der Waals surface area contributed by atoms with Crippen LogP contribution in [0.4, 0.5) is 5.69 Å². The smallest absolute Gasteiger partial charge is 0.257 e. The number of hydrogen-bond acceptors (Lipinski definition) is 5. The zero-order valence-electron chi connectivity index (χ0n) is 18.9. The van der Waals surface area contributed by atoms with Crippen LogP contribution < -0.4 is 20.1 Å². The molecule has 3 aromatic rings. The second-order valence-corrected chi connectivity index (χ2v) is 10.1. The third kappa shape index (κ3) is 7.65. The lowest BCUT2D eigenvalue weighted by Crippen LogP contribution is -2.34. The molecular weight excluding hydrogens is 470 g/mol. The maximum Gasteiger partial charge on any atom is 0.257 e. The van der Waals surface area contributed by atoms with Crippen molar-refractivity contribution in [1.29, 1.82) is 0 Å². The zero-order chi connectivity index (χ0) is 24.6. The standard InChI is InChI=1S/C25H27N3O4S2/c1-18(2)17-32-22-12-8-20(9-13-22)24(29)28-25(33)27-21-10-14-23(15-11-21)34(30,31)26-16-19-6-4-3-5-7-19/h3-15,18,26H,16-17H2,1-2H3,(H2,27,28,29,33). The van der Waals surface area contributed by atoms with Gasteiger partial charge in [-0.1, -0.05) is 44.2 Å². The quantitative estimate of drug-likeness (QED) is 0.381. The van der Waals surface area contributed by atoms with Crippen LogP contribution >= 0.6 is 12.2 Å². The fourth-order valence-corrected chi connectivity index (χ4v) is 4.11. The predicted octanol–water partition coefficient (Wildman–Crippen LogP) is 4.33. The van der Waals surface area contributed by atoms with Gasteiger partial charge in [0.1, 0.15) is 5.75 Å². The normalized spacial score (nSPS) is 11.1. The van der Waals surface area contributed by atoms with E-state index in [2.05, 4.69) is 29.2 Å². The number of benzene rings is 3. The van der Waals surface area contributed by atoms with Crippen molar-refractivity contribution in [3.63, 3.8) is 0 Å². The minimum absolute atomic E-state index is 0.0999. The highest BCUT2D eigenvalue weighted by Gasteiger charge is 2.14. The van der Waals surface area contributed by atoms with Crippen molar-refractivity contribution >= 4 is 38.9 Å².